The maximum absolute atomic E-state index is 11.6. The highest BCUT2D eigenvalue weighted by atomic mass is 16.5. The number of rotatable bonds is 6. The Labute approximate surface area is 169 Å². The van der Waals surface area contributed by atoms with Gasteiger partial charge in [-0.3, -0.25) is 4.79 Å². The number of methoxy groups -OCH3 is 2. The van der Waals surface area contributed by atoms with E-state index in [0.29, 0.717) is 24.5 Å². The van der Waals surface area contributed by atoms with Crippen LogP contribution in [0.1, 0.15) is 13.3 Å². The number of carbonyl (C=O) groups is 1. The first-order valence-corrected chi connectivity index (χ1v) is 9.61. The highest BCUT2D eigenvalue weighted by molar-refractivity contribution is 5.88. The molecule has 1 saturated heterocycles. The van der Waals surface area contributed by atoms with Gasteiger partial charge in [-0.15, -0.1) is 0 Å². The molecule has 0 radical (unpaired) electrons. The van der Waals surface area contributed by atoms with Crippen molar-refractivity contribution < 1.29 is 19.0 Å². The molecule has 1 aliphatic heterocycles. The molecular formula is C22H25N3O4. The predicted octanol–water partition coefficient (Wildman–Crippen LogP) is 3.16. The Morgan fingerprint density at radius 3 is 2.55 bits per heavy atom. The molecule has 7 heteroatoms. The molecule has 0 saturated carbocycles. The number of aryl methyl sites for hydroxylation is 1. The zero-order valence-electron chi connectivity index (χ0n) is 17.1. The van der Waals surface area contributed by atoms with Crippen LogP contribution in [0.15, 0.2) is 36.7 Å². The van der Waals surface area contributed by atoms with E-state index < -0.39 is 0 Å². The maximum Gasteiger partial charge on any atom is 0.220 e. The molecule has 1 fully saturated rings. The molecule has 3 aromatic rings. The molecular weight excluding hydrogens is 370 g/mol. The Balaban J connectivity index is 1.74. The average molecular weight is 395 g/mol. The van der Waals surface area contributed by atoms with Crippen LogP contribution < -0.4 is 19.5 Å². The van der Waals surface area contributed by atoms with Crippen molar-refractivity contribution in [3.63, 3.8) is 0 Å². The van der Waals surface area contributed by atoms with Crippen LogP contribution in [0.2, 0.25) is 0 Å². The van der Waals surface area contributed by atoms with Crippen molar-refractivity contribution in [1.29, 1.82) is 0 Å². The third-order valence-corrected chi connectivity index (χ3v) is 5.48. The van der Waals surface area contributed by atoms with E-state index >= 15 is 0 Å². The van der Waals surface area contributed by atoms with Gasteiger partial charge in [-0.1, -0.05) is 6.07 Å². The molecule has 4 rings (SSSR count). The summed E-state index contributed by atoms with van der Waals surface area (Å²) < 4.78 is 19.1. The number of imidazole rings is 1. The largest absolute Gasteiger partial charge is 0.493 e. The summed E-state index contributed by atoms with van der Waals surface area (Å²) in [6, 6.07) is 9.87. The van der Waals surface area contributed by atoms with Crippen LogP contribution in [0.4, 0.5) is 0 Å². The second-order valence-corrected chi connectivity index (χ2v) is 7.36. The average Bonchev–Trinajstić information content (AvgIpc) is 3.33. The van der Waals surface area contributed by atoms with Gasteiger partial charge in [0, 0.05) is 25.9 Å². The fourth-order valence-electron chi connectivity index (χ4n) is 3.78. The van der Waals surface area contributed by atoms with Crippen LogP contribution in [-0.4, -0.2) is 42.3 Å². The van der Waals surface area contributed by atoms with Gasteiger partial charge in [0.05, 0.1) is 26.1 Å². The van der Waals surface area contributed by atoms with Gasteiger partial charge in [0.15, 0.2) is 11.5 Å². The summed E-state index contributed by atoms with van der Waals surface area (Å²) in [5, 5.41) is 2.88. The zero-order valence-corrected chi connectivity index (χ0v) is 17.1. The normalized spacial score (nSPS) is 17.2. The lowest BCUT2D eigenvalue weighted by Crippen LogP contribution is -2.25. The second-order valence-electron chi connectivity index (χ2n) is 7.36. The molecule has 1 aromatic heterocycles. The zero-order chi connectivity index (χ0) is 20.5. The fraction of sp³-hybridized carbons (Fsp3) is 0.364. The van der Waals surface area contributed by atoms with Gasteiger partial charge >= 0.3 is 0 Å². The minimum absolute atomic E-state index is 0.0789. The van der Waals surface area contributed by atoms with E-state index in [1.54, 1.807) is 20.5 Å². The van der Waals surface area contributed by atoms with Crippen LogP contribution in [0.25, 0.3) is 22.2 Å². The first-order chi connectivity index (χ1) is 14.0. The van der Waals surface area contributed by atoms with E-state index in [2.05, 4.69) is 10.3 Å². The molecule has 0 bridgehead atoms. The van der Waals surface area contributed by atoms with Crippen molar-refractivity contribution in [2.75, 3.05) is 20.8 Å². The topological polar surface area (TPSA) is 74.6 Å². The summed E-state index contributed by atoms with van der Waals surface area (Å²) in [7, 11) is 5.19. The number of aromatic nitrogens is 2. The Kier molecular flexibility index (Phi) is 5.05. The summed E-state index contributed by atoms with van der Waals surface area (Å²) in [4.78, 5) is 16.1. The minimum Gasteiger partial charge on any atom is -0.493 e. The Morgan fingerprint density at radius 1 is 1.10 bits per heavy atom. The van der Waals surface area contributed by atoms with Crippen molar-refractivity contribution >= 4 is 16.9 Å². The van der Waals surface area contributed by atoms with Gasteiger partial charge in [-0.25, -0.2) is 4.98 Å². The van der Waals surface area contributed by atoms with Gasteiger partial charge < -0.3 is 24.1 Å². The lowest BCUT2D eigenvalue weighted by Gasteiger charge is -2.21. The van der Waals surface area contributed by atoms with Crippen molar-refractivity contribution in [2.24, 2.45) is 13.0 Å². The molecule has 2 heterocycles. The number of hydrogen-bond donors (Lipinski definition) is 1. The van der Waals surface area contributed by atoms with Gasteiger partial charge in [0.25, 0.3) is 0 Å². The first kappa shape index (κ1) is 19.1. The fourth-order valence-corrected chi connectivity index (χ4v) is 3.78. The maximum atomic E-state index is 11.6. The van der Waals surface area contributed by atoms with Crippen molar-refractivity contribution in [3.8, 4) is 28.4 Å². The summed E-state index contributed by atoms with van der Waals surface area (Å²) in [5.74, 6) is 2.32. The number of hydrogen-bond acceptors (Lipinski definition) is 5. The Morgan fingerprint density at radius 2 is 1.86 bits per heavy atom. The Bertz CT molecular complexity index is 1060. The van der Waals surface area contributed by atoms with Crippen LogP contribution in [-0.2, 0) is 11.8 Å². The van der Waals surface area contributed by atoms with E-state index in [-0.39, 0.29) is 17.9 Å². The molecule has 0 spiro atoms. The van der Waals surface area contributed by atoms with E-state index in [1.807, 2.05) is 48.9 Å². The summed E-state index contributed by atoms with van der Waals surface area (Å²) in [5.41, 5.74) is 3.73. The van der Waals surface area contributed by atoms with Gasteiger partial charge in [0.2, 0.25) is 5.91 Å². The molecule has 152 valence electrons. The van der Waals surface area contributed by atoms with Gasteiger partial charge in [-0.2, -0.15) is 0 Å². The van der Waals surface area contributed by atoms with Crippen LogP contribution in [0, 0.1) is 5.92 Å². The van der Waals surface area contributed by atoms with Gasteiger partial charge in [0.1, 0.15) is 17.4 Å². The number of nitrogens with one attached hydrogen (secondary N) is 1. The molecule has 1 aliphatic rings. The standard InChI is InChI=1S/C22H25N3O4/c1-13(16-10-21(26)23-11-16)29-20-9-15(7-17-22(20)25(2)12-24-17)14-5-6-18(27-3)19(8-14)28-4/h5-9,12-13,16H,10-11H2,1-4H3,(H,23,26)/t13-,16-/m1/s1. The summed E-state index contributed by atoms with van der Waals surface area (Å²) in [6.07, 6.45) is 2.17. The minimum atomic E-state index is -0.104. The van der Waals surface area contributed by atoms with Crippen molar-refractivity contribution in [1.82, 2.24) is 14.9 Å². The predicted molar refractivity (Wildman–Crippen MR) is 110 cm³/mol. The summed E-state index contributed by atoms with van der Waals surface area (Å²) >= 11 is 0. The van der Waals surface area contributed by atoms with E-state index in [9.17, 15) is 4.79 Å². The molecule has 0 aliphatic carbocycles. The first-order valence-electron chi connectivity index (χ1n) is 9.61. The smallest absolute Gasteiger partial charge is 0.220 e. The van der Waals surface area contributed by atoms with E-state index in [1.165, 1.54) is 0 Å². The molecule has 1 amide bonds. The molecule has 0 unspecified atom stereocenters. The number of nitrogens with zero attached hydrogens (tertiary/aromatic N) is 2. The van der Waals surface area contributed by atoms with Crippen molar-refractivity contribution in [2.45, 2.75) is 19.4 Å². The number of carbonyl (C=O) groups excluding carboxylic acids is 1. The van der Waals surface area contributed by atoms with Crippen molar-refractivity contribution in [3.05, 3.63) is 36.7 Å². The quantitative estimate of drug-likeness (QED) is 0.694. The Hall–Kier alpha value is -3.22. The highest BCUT2D eigenvalue weighted by Gasteiger charge is 2.28. The van der Waals surface area contributed by atoms with E-state index in [0.717, 1.165) is 27.9 Å². The molecule has 2 atom stereocenters. The third kappa shape index (κ3) is 3.60. The van der Waals surface area contributed by atoms with Crippen LogP contribution in [0.3, 0.4) is 0 Å². The third-order valence-electron chi connectivity index (χ3n) is 5.48. The monoisotopic (exact) mass is 395 g/mol. The molecule has 1 N–H and O–H groups in total. The van der Waals surface area contributed by atoms with Gasteiger partial charge in [-0.05, 0) is 42.3 Å². The molecule has 29 heavy (non-hydrogen) atoms. The number of fused-ring (bicyclic) bond motifs is 1. The lowest BCUT2D eigenvalue weighted by molar-refractivity contribution is -0.119. The number of benzene rings is 2. The second kappa shape index (κ2) is 7.66. The lowest BCUT2D eigenvalue weighted by atomic mass is 10.0. The van der Waals surface area contributed by atoms with Crippen LogP contribution in [0.5, 0.6) is 17.2 Å². The SMILES string of the molecule is COc1ccc(-c2cc(O[C@H](C)[C@H]3CNC(=O)C3)c3c(c2)ncn3C)cc1OC. The highest BCUT2D eigenvalue weighted by Crippen LogP contribution is 2.37. The summed E-state index contributed by atoms with van der Waals surface area (Å²) in [6.45, 7) is 2.65. The molecule has 2 aromatic carbocycles. The number of ether oxygens (including phenoxy) is 3. The van der Waals surface area contributed by atoms with Crippen LogP contribution >= 0.6 is 0 Å². The van der Waals surface area contributed by atoms with E-state index in [4.69, 9.17) is 14.2 Å². The number of amides is 1. The molecule has 7 nitrogen and oxygen atoms in total.